The van der Waals surface area contributed by atoms with Gasteiger partial charge in [0, 0.05) is 88.1 Å². The molecule has 3 aromatic heterocycles. The molecular weight excluding hydrogens is 1090 g/mol. The highest BCUT2D eigenvalue weighted by Crippen LogP contribution is 2.54. The molecule has 0 bridgehead atoms. The summed E-state index contributed by atoms with van der Waals surface area (Å²) in [7, 11) is -8.34. The molecule has 10 rings (SSSR count). The molecule has 1 spiro atoms. The highest BCUT2D eigenvalue weighted by Gasteiger charge is 2.51. The molecule has 434 valence electrons. The lowest BCUT2D eigenvalue weighted by atomic mass is 9.59. The lowest BCUT2D eigenvalue weighted by Gasteiger charge is -2.58. The quantitative estimate of drug-likeness (QED) is 0.0627. The third-order valence-electron chi connectivity index (χ3n) is 16.9. The van der Waals surface area contributed by atoms with Crippen molar-refractivity contribution in [1.29, 1.82) is 0 Å². The third kappa shape index (κ3) is 12.2. The first-order valence-corrected chi connectivity index (χ1v) is 30.2. The monoisotopic (exact) mass is 1160 g/mol. The summed E-state index contributed by atoms with van der Waals surface area (Å²) >= 11 is 0. The van der Waals surface area contributed by atoms with E-state index >= 15 is 0 Å². The number of halogens is 4. The number of fused-ring (bicyclic) bond motifs is 1. The SMILES string of the molecule is COc1ccc(CN2CCN(C3CC4(CCN(c5ccc(C(=O)NS(=O)(=O)c6cnc(NCC7CCC(C)(O)CC7)c(S(=O)(=O)C(F)(F)F)c6)c(Oc6cc7c(F)c[nH]c7nc6OC)c5)CC4)C3)[C@H](c3ccccc3C(C)C)C2)cc1. The van der Waals surface area contributed by atoms with Gasteiger partial charge in [-0.3, -0.25) is 14.6 Å². The number of H-pyrrole nitrogens is 1. The Morgan fingerprint density at radius 3 is 2.30 bits per heavy atom. The van der Waals surface area contributed by atoms with Gasteiger partial charge in [0.1, 0.15) is 38.6 Å². The van der Waals surface area contributed by atoms with Crippen molar-refractivity contribution in [3.63, 3.8) is 0 Å². The molecule has 0 unspecified atom stereocenters. The number of aliphatic hydroxyl groups is 1. The Labute approximate surface area is 469 Å². The van der Waals surface area contributed by atoms with Gasteiger partial charge in [-0.25, -0.2) is 30.9 Å². The Morgan fingerprint density at radius 1 is 0.901 bits per heavy atom. The largest absolute Gasteiger partial charge is 0.502 e. The Bertz CT molecular complexity index is 3500. The number of piperazine rings is 1. The molecule has 23 heteroatoms. The van der Waals surface area contributed by atoms with Crippen molar-refractivity contribution in [2.24, 2.45) is 11.3 Å². The number of aromatic nitrogens is 3. The zero-order chi connectivity index (χ0) is 57.6. The van der Waals surface area contributed by atoms with Crippen molar-refractivity contribution in [3.05, 3.63) is 119 Å². The number of nitrogens with zero attached hydrogens (tertiary/aromatic N) is 5. The Kier molecular flexibility index (Phi) is 16.1. The summed E-state index contributed by atoms with van der Waals surface area (Å²) in [6.07, 6.45) is 7.41. The van der Waals surface area contributed by atoms with Crippen LogP contribution in [0.25, 0.3) is 11.0 Å². The van der Waals surface area contributed by atoms with Crippen LogP contribution >= 0.6 is 0 Å². The van der Waals surface area contributed by atoms with E-state index in [1.54, 1.807) is 26.2 Å². The first-order valence-electron chi connectivity index (χ1n) is 27.3. The van der Waals surface area contributed by atoms with E-state index in [1.807, 2.05) is 16.9 Å². The van der Waals surface area contributed by atoms with Crippen LogP contribution < -0.4 is 29.1 Å². The van der Waals surface area contributed by atoms with Gasteiger partial charge < -0.3 is 34.5 Å². The van der Waals surface area contributed by atoms with E-state index in [9.17, 15) is 44.3 Å². The fourth-order valence-electron chi connectivity index (χ4n) is 12.2. The molecule has 6 aromatic rings. The van der Waals surface area contributed by atoms with Gasteiger partial charge in [0.15, 0.2) is 5.75 Å². The number of alkyl halides is 3. The number of pyridine rings is 2. The maximum atomic E-state index is 15.0. The number of anilines is 2. The number of carbonyl (C=O) groups excluding carboxylic acids is 1. The number of nitrogens with one attached hydrogen (secondary N) is 3. The van der Waals surface area contributed by atoms with Crippen LogP contribution in [0.1, 0.15) is 111 Å². The van der Waals surface area contributed by atoms with Crippen molar-refractivity contribution in [1.82, 2.24) is 29.5 Å². The number of rotatable bonds is 17. The second-order valence-corrected chi connectivity index (χ2v) is 26.3. The van der Waals surface area contributed by atoms with E-state index in [0.717, 1.165) is 63.8 Å². The molecule has 4 N–H and O–H groups in total. The minimum absolute atomic E-state index is 0.00580. The Morgan fingerprint density at radius 2 is 1.62 bits per heavy atom. The number of piperidine rings is 1. The average Bonchev–Trinajstić information content (AvgIpc) is 3.67. The first-order chi connectivity index (χ1) is 38.4. The van der Waals surface area contributed by atoms with E-state index in [0.29, 0.717) is 68.7 Å². The highest BCUT2D eigenvalue weighted by atomic mass is 32.2. The number of methoxy groups -OCH3 is 2. The average molecular weight is 1160 g/mol. The van der Waals surface area contributed by atoms with Gasteiger partial charge >= 0.3 is 5.51 Å². The number of sulfonamides is 1. The van der Waals surface area contributed by atoms with Crippen LogP contribution in [0.15, 0.2) is 101 Å². The fourth-order valence-corrected chi connectivity index (χ4v) is 14.1. The molecule has 2 aliphatic carbocycles. The van der Waals surface area contributed by atoms with Gasteiger partial charge in [0.2, 0.25) is 0 Å². The van der Waals surface area contributed by atoms with Crippen LogP contribution in [0.5, 0.6) is 23.1 Å². The zero-order valence-corrected chi connectivity index (χ0v) is 47.5. The van der Waals surface area contributed by atoms with Crippen LogP contribution in [-0.4, -0.2) is 123 Å². The number of amides is 1. The smallest absolute Gasteiger partial charge is 0.497 e. The summed E-state index contributed by atoms with van der Waals surface area (Å²) in [4.78, 5) is 30.1. The summed E-state index contributed by atoms with van der Waals surface area (Å²) in [6, 6.07) is 23.8. The van der Waals surface area contributed by atoms with Crippen molar-refractivity contribution in [3.8, 4) is 23.1 Å². The summed E-state index contributed by atoms with van der Waals surface area (Å²) < 4.78 is 130. The Hall–Kier alpha value is -6.53. The second-order valence-electron chi connectivity index (χ2n) is 22.7. The fraction of sp³-hybridized carbons (Fsp3) is 0.466. The van der Waals surface area contributed by atoms with Gasteiger partial charge in [0.05, 0.1) is 30.8 Å². The summed E-state index contributed by atoms with van der Waals surface area (Å²) in [5.41, 5.74) is -2.26. The highest BCUT2D eigenvalue weighted by molar-refractivity contribution is 7.92. The molecule has 17 nitrogen and oxygen atoms in total. The summed E-state index contributed by atoms with van der Waals surface area (Å²) in [5, 5.41) is 13.0. The predicted molar refractivity (Wildman–Crippen MR) is 297 cm³/mol. The standard InChI is InChI=1S/C58H68F4N8O9S2/c1-36(2)43-8-6-7-9-44(43)48-35-68(34-38-10-13-41(77-4)14-11-38)24-25-70(48)40-29-57(30-40)20-22-69(23-21-57)39-12-15-45(49(26-39)79-50-28-46-47(59)33-65-52(46)66-55(50)78-5)54(71)67-81(75,76)42-27-51(80(73,74)58(60,61)62)53(64-32-42)63-31-37-16-18-56(3,72)19-17-37/h6-15,26-28,32-33,36-37,40,48,72H,16-25,29-31,34-35H2,1-5H3,(H,63,64)(H,65,66)(H,67,71)/t37?,48-,56?/m0/s1. The van der Waals surface area contributed by atoms with Gasteiger partial charge in [-0.2, -0.15) is 18.2 Å². The van der Waals surface area contributed by atoms with Crippen LogP contribution in [0.4, 0.5) is 29.1 Å². The summed E-state index contributed by atoms with van der Waals surface area (Å²) in [6.45, 7) is 11.1. The predicted octanol–water partition coefficient (Wildman–Crippen LogP) is 10.1. The van der Waals surface area contributed by atoms with Crippen molar-refractivity contribution in [2.45, 2.75) is 118 Å². The summed E-state index contributed by atoms with van der Waals surface area (Å²) in [5.74, 6) is -2.06. The number of ether oxygens (including phenoxy) is 3. The molecule has 2 saturated carbocycles. The lowest BCUT2D eigenvalue weighted by Crippen LogP contribution is -2.60. The van der Waals surface area contributed by atoms with E-state index in [-0.39, 0.29) is 57.9 Å². The maximum Gasteiger partial charge on any atom is 0.502 e. The van der Waals surface area contributed by atoms with Crippen LogP contribution in [-0.2, 0) is 26.4 Å². The van der Waals surface area contributed by atoms with Gasteiger partial charge in [-0.15, -0.1) is 0 Å². The van der Waals surface area contributed by atoms with E-state index in [2.05, 4.69) is 85.2 Å². The van der Waals surface area contributed by atoms with Crippen molar-refractivity contribution >= 4 is 48.3 Å². The molecular formula is C58H68F4N8O9S2. The lowest BCUT2D eigenvalue weighted by molar-refractivity contribution is -0.0628. The van der Waals surface area contributed by atoms with Crippen molar-refractivity contribution < 1.29 is 58.5 Å². The number of carbonyl (C=O) groups is 1. The molecule has 1 atom stereocenters. The number of aromatic amines is 1. The number of benzene rings is 3. The zero-order valence-electron chi connectivity index (χ0n) is 45.9. The molecule has 3 aromatic carbocycles. The minimum Gasteiger partial charge on any atom is -0.497 e. The van der Waals surface area contributed by atoms with Crippen molar-refractivity contribution in [2.75, 3.05) is 63.7 Å². The molecule has 81 heavy (non-hydrogen) atoms. The second kappa shape index (κ2) is 22.7. The van der Waals surface area contributed by atoms with E-state index < -0.39 is 58.3 Å². The number of sulfone groups is 1. The normalized spacial score (nSPS) is 21.2. The first kappa shape index (κ1) is 57.7. The minimum atomic E-state index is -6.18. The molecule has 2 saturated heterocycles. The molecule has 5 heterocycles. The molecule has 1 amide bonds. The Balaban J connectivity index is 0.878. The van der Waals surface area contributed by atoms with Gasteiger partial charge in [-0.05, 0) is 123 Å². The van der Waals surface area contributed by atoms with Crippen LogP contribution in [0, 0.1) is 17.2 Å². The molecule has 4 aliphatic rings. The number of hydrogen-bond acceptors (Lipinski definition) is 15. The number of hydrogen-bond donors (Lipinski definition) is 4. The maximum absolute atomic E-state index is 15.0. The third-order valence-corrected chi connectivity index (χ3v) is 19.7. The topological polar surface area (TPSA) is 209 Å². The van der Waals surface area contributed by atoms with E-state index in [4.69, 9.17) is 14.2 Å². The van der Waals surface area contributed by atoms with Crippen LogP contribution in [0.2, 0.25) is 0 Å². The molecule has 0 radical (unpaired) electrons. The van der Waals surface area contributed by atoms with Gasteiger partial charge in [-0.1, -0.05) is 50.2 Å². The van der Waals surface area contributed by atoms with E-state index in [1.165, 1.54) is 35.9 Å². The molecule has 4 fully saturated rings. The van der Waals surface area contributed by atoms with Gasteiger partial charge in [0.25, 0.3) is 31.6 Å². The molecule has 2 aliphatic heterocycles. The van der Waals surface area contributed by atoms with Crippen LogP contribution in [0.3, 0.4) is 0 Å².